The summed E-state index contributed by atoms with van der Waals surface area (Å²) in [6.07, 6.45) is 0.718. The van der Waals surface area contributed by atoms with Crippen LogP contribution in [0, 0.1) is 6.92 Å². The molecule has 0 aliphatic carbocycles. The van der Waals surface area contributed by atoms with Crippen LogP contribution in [0.1, 0.15) is 29.3 Å². The van der Waals surface area contributed by atoms with Gasteiger partial charge in [0.05, 0.1) is 12.6 Å². The Bertz CT molecular complexity index is 375. The number of carbonyl (C=O) groups excluding carboxylic acids is 1. The third-order valence-electron chi connectivity index (χ3n) is 2.49. The summed E-state index contributed by atoms with van der Waals surface area (Å²) < 4.78 is 0.875. The predicted octanol–water partition coefficient (Wildman–Crippen LogP) is 2.26. The number of benzene rings is 1. The minimum atomic E-state index is -0.175. The lowest BCUT2D eigenvalue weighted by Crippen LogP contribution is -2.37. The molecule has 0 unspecified atom stereocenters. The minimum Gasteiger partial charge on any atom is -0.394 e. The number of rotatable bonds is 4. The normalized spacial score (nSPS) is 12.2. The zero-order valence-corrected chi connectivity index (χ0v) is 11.0. The first-order valence-electron chi connectivity index (χ1n) is 5.26. The van der Waals surface area contributed by atoms with E-state index in [4.69, 9.17) is 5.11 Å². The largest absolute Gasteiger partial charge is 0.394 e. The molecule has 1 aromatic carbocycles. The fraction of sp³-hybridized carbons (Fsp3) is 0.417. The smallest absolute Gasteiger partial charge is 0.251 e. The van der Waals surface area contributed by atoms with Crippen LogP contribution in [0.4, 0.5) is 0 Å². The Hall–Kier alpha value is -0.870. The maximum absolute atomic E-state index is 11.9. The van der Waals surface area contributed by atoms with Crippen LogP contribution < -0.4 is 5.32 Å². The van der Waals surface area contributed by atoms with Gasteiger partial charge in [0.15, 0.2) is 0 Å². The number of aliphatic hydroxyl groups is 1. The van der Waals surface area contributed by atoms with Gasteiger partial charge in [-0.15, -0.1) is 0 Å². The Morgan fingerprint density at radius 3 is 2.81 bits per heavy atom. The lowest BCUT2D eigenvalue weighted by atomic mass is 10.1. The molecule has 1 rings (SSSR count). The van der Waals surface area contributed by atoms with Gasteiger partial charge >= 0.3 is 0 Å². The molecule has 1 atom stereocenters. The van der Waals surface area contributed by atoms with E-state index < -0.39 is 0 Å². The Morgan fingerprint density at radius 1 is 1.56 bits per heavy atom. The minimum absolute atomic E-state index is 0.0324. The van der Waals surface area contributed by atoms with Crippen LogP contribution in [-0.2, 0) is 0 Å². The first kappa shape index (κ1) is 13.2. The summed E-state index contributed by atoms with van der Waals surface area (Å²) in [5, 5.41) is 11.8. The van der Waals surface area contributed by atoms with Gasteiger partial charge in [0.1, 0.15) is 0 Å². The summed E-state index contributed by atoms with van der Waals surface area (Å²) >= 11 is 3.34. The van der Waals surface area contributed by atoms with Gasteiger partial charge in [-0.25, -0.2) is 0 Å². The Kier molecular flexibility index (Phi) is 4.96. The number of hydrogen-bond acceptors (Lipinski definition) is 2. The van der Waals surface area contributed by atoms with Crippen molar-refractivity contribution in [3.05, 3.63) is 33.8 Å². The maximum Gasteiger partial charge on any atom is 0.251 e. The van der Waals surface area contributed by atoms with E-state index in [1.54, 1.807) is 6.07 Å². The third kappa shape index (κ3) is 3.32. The van der Waals surface area contributed by atoms with Crippen LogP contribution >= 0.6 is 15.9 Å². The molecule has 0 spiro atoms. The molecular formula is C12H16BrNO2. The highest BCUT2D eigenvalue weighted by Crippen LogP contribution is 2.16. The number of amides is 1. The lowest BCUT2D eigenvalue weighted by molar-refractivity contribution is 0.0914. The summed E-state index contributed by atoms with van der Waals surface area (Å²) in [5.74, 6) is -0.139. The van der Waals surface area contributed by atoms with Crippen LogP contribution in [0.5, 0.6) is 0 Å². The first-order chi connectivity index (χ1) is 7.58. The van der Waals surface area contributed by atoms with Crippen molar-refractivity contribution in [1.82, 2.24) is 5.32 Å². The number of aliphatic hydroxyl groups excluding tert-OH is 1. The average molecular weight is 286 g/mol. The molecule has 1 aromatic rings. The Balaban J connectivity index is 2.83. The highest BCUT2D eigenvalue weighted by Gasteiger charge is 2.13. The van der Waals surface area contributed by atoms with Gasteiger partial charge in [-0.3, -0.25) is 4.79 Å². The van der Waals surface area contributed by atoms with E-state index in [1.807, 2.05) is 26.0 Å². The number of hydrogen-bond donors (Lipinski definition) is 2. The molecule has 0 radical (unpaired) electrons. The molecule has 0 fully saturated rings. The lowest BCUT2D eigenvalue weighted by Gasteiger charge is -2.15. The fourth-order valence-electron chi connectivity index (χ4n) is 1.38. The second-order valence-electron chi connectivity index (χ2n) is 3.72. The summed E-state index contributed by atoms with van der Waals surface area (Å²) in [5.41, 5.74) is 1.56. The molecule has 16 heavy (non-hydrogen) atoms. The SMILES string of the molecule is CC[C@H](CO)NC(=O)c1cc(Br)ccc1C. The standard InChI is InChI=1S/C12H16BrNO2/c1-3-10(7-15)14-12(16)11-6-9(13)5-4-8(11)2/h4-6,10,15H,3,7H2,1-2H3,(H,14,16)/t10-/m1/s1. The number of aryl methyl sites for hydroxylation is 1. The summed E-state index contributed by atoms with van der Waals surface area (Å²) in [6, 6.07) is 5.40. The van der Waals surface area contributed by atoms with Gasteiger partial charge in [-0.05, 0) is 31.0 Å². The first-order valence-corrected chi connectivity index (χ1v) is 6.05. The van der Waals surface area contributed by atoms with Gasteiger partial charge in [-0.1, -0.05) is 28.9 Å². The molecular weight excluding hydrogens is 270 g/mol. The van der Waals surface area contributed by atoms with Crippen molar-refractivity contribution in [2.24, 2.45) is 0 Å². The van der Waals surface area contributed by atoms with Crippen molar-refractivity contribution < 1.29 is 9.90 Å². The molecule has 2 N–H and O–H groups in total. The molecule has 0 heterocycles. The van der Waals surface area contributed by atoms with Gasteiger partial charge in [0.25, 0.3) is 5.91 Å². The number of nitrogens with one attached hydrogen (secondary N) is 1. The molecule has 4 heteroatoms. The quantitative estimate of drug-likeness (QED) is 0.892. The summed E-state index contributed by atoms with van der Waals surface area (Å²) in [6.45, 7) is 3.78. The predicted molar refractivity (Wildman–Crippen MR) is 67.5 cm³/mol. The summed E-state index contributed by atoms with van der Waals surface area (Å²) in [4.78, 5) is 11.9. The van der Waals surface area contributed by atoms with E-state index in [0.29, 0.717) is 5.56 Å². The fourth-order valence-corrected chi connectivity index (χ4v) is 1.74. The molecule has 1 amide bonds. The highest BCUT2D eigenvalue weighted by molar-refractivity contribution is 9.10. The van der Waals surface area contributed by atoms with Gasteiger partial charge < -0.3 is 10.4 Å². The van der Waals surface area contributed by atoms with Crippen molar-refractivity contribution in [3.8, 4) is 0 Å². The van der Waals surface area contributed by atoms with Crippen molar-refractivity contribution >= 4 is 21.8 Å². The Morgan fingerprint density at radius 2 is 2.25 bits per heavy atom. The Labute approximate surface area is 104 Å². The maximum atomic E-state index is 11.9. The van der Waals surface area contributed by atoms with E-state index in [2.05, 4.69) is 21.2 Å². The number of carbonyl (C=O) groups is 1. The molecule has 88 valence electrons. The zero-order chi connectivity index (χ0) is 12.1. The second-order valence-corrected chi connectivity index (χ2v) is 4.64. The molecule has 0 aliphatic heterocycles. The van der Waals surface area contributed by atoms with E-state index >= 15 is 0 Å². The molecule has 0 bridgehead atoms. The van der Waals surface area contributed by atoms with Crippen molar-refractivity contribution in [2.75, 3.05) is 6.61 Å². The average Bonchev–Trinajstić information content (AvgIpc) is 2.28. The topological polar surface area (TPSA) is 49.3 Å². The van der Waals surface area contributed by atoms with Gasteiger partial charge in [-0.2, -0.15) is 0 Å². The van der Waals surface area contributed by atoms with Gasteiger partial charge in [0.2, 0.25) is 0 Å². The summed E-state index contributed by atoms with van der Waals surface area (Å²) in [7, 11) is 0. The molecule has 3 nitrogen and oxygen atoms in total. The monoisotopic (exact) mass is 285 g/mol. The van der Waals surface area contributed by atoms with Crippen molar-refractivity contribution in [1.29, 1.82) is 0 Å². The van der Waals surface area contributed by atoms with Gasteiger partial charge in [0, 0.05) is 10.0 Å². The van der Waals surface area contributed by atoms with E-state index in [0.717, 1.165) is 16.5 Å². The number of halogens is 1. The van der Waals surface area contributed by atoms with Crippen LogP contribution in [0.2, 0.25) is 0 Å². The third-order valence-corrected chi connectivity index (χ3v) is 2.99. The highest BCUT2D eigenvalue weighted by atomic mass is 79.9. The molecule has 0 aliphatic rings. The molecule has 0 saturated carbocycles. The molecule has 0 aromatic heterocycles. The van der Waals surface area contributed by atoms with E-state index in [-0.39, 0.29) is 18.6 Å². The zero-order valence-electron chi connectivity index (χ0n) is 9.46. The van der Waals surface area contributed by atoms with Crippen molar-refractivity contribution in [2.45, 2.75) is 26.3 Å². The van der Waals surface area contributed by atoms with Crippen LogP contribution in [0.3, 0.4) is 0 Å². The second kappa shape index (κ2) is 6.01. The van der Waals surface area contributed by atoms with Crippen molar-refractivity contribution in [3.63, 3.8) is 0 Å². The van der Waals surface area contributed by atoms with Crippen LogP contribution in [-0.4, -0.2) is 23.7 Å². The van der Waals surface area contributed by atoms with Crippen LogP contribution in [0.25, 0.3) is 0 Å². The van der Waals surface area contributed by atoms with E-state index in [1.165, 1.54) is 0 Å². The molecule has 0 saturated heterocycles. The van der Waals surface area contributed by atoms with E-state index in [9.17, 15) is 4.79 Å². The van der Waals surface area contributed by atoms with Crippen LogP contribution in [0.15, 0.2) is 22.7 Å².